The lowest BCUT2D eigenvalue weighted by molar-refractivity contribution is 0.270. The third-order valence-corrected chi connectivity index (χ3v) is 6.24. The number of rotatable bonds is 8. The summed E-state index contributed by atoms with van der Waals surface area (Å²) in [6, 6.07) is 0. The maximum atomic E-state index is 2.42. The summed E-state index contributed by atoms with van der Waals surface area (Å²) in [7, 11) is 4.35. The Morgan fingerprint density at radius 1 is 1.11 bits per heavy atom. The minimum atomic E-state index is 0.828. The van der Waals surface area contributed by atoms with E-state index in [1.807, 2.05) is 0 Å². The lowest BCUT2D eigenvalue weighted by atomic mass is 9.80. The molecule has 0 bridgehead atoms. The molecule has 114 valence electrons. The average Bonchev–Trinajstić information content (AvgIpc) is 2.34. The number of nitrogens with zero attached hydrogens (tertiary/aromatic N) is 1. The van der Waals surface area contributed by atoms with Crippen LogP contribution in [0.2, 0.25) is 0 Å². The van der Waals surface area contributed by atoms with Crippen molar-refractivity contribution in [2.75, 3.05) is 26.4 Å². The highest BCUT2D eigenvalue weighted by molar-refractivity contribution is 7.99. The van der Waals surface area contributed by atoms with Crippen LogP contribution in [0.5, 0.6) is 0 Å². The van der Waals surface area contributed by atoms with Gasteiger partial charge >= 0.3 is 0 Å². The molecule has 0 aliphatic heterocycles. The van der Waals surface area contributed by atoms with Crippen molar-refractivity contribution in [2.24, 2.45) is 17.8 Å². The summed E-state index contributed by atoms with van der Waals surface area (Å²) in [6.07, 6.45) is 8.86. The molecule has 0 heterocycles. The van der Waals surface area contributed by atoms with E-state index in [9.17, 15) is 0 Å². The van der Waals surface area contributed by atoms with Gasteiger partial charge in [0.15, 0.2) is 0 Å². The molecule has 0 radical (unpaired) electrons. The summed E-state index contributed by atoms with van der Waals surface area (Å²) in [5, 5.41) is 0.874. The number of hydrogen-bond acceptors (Lipinski definition) is 2. The second-order valence-electron chi connectivity index (χ2n) is 7.16. The van der Waals surface area contributed by atoms with E-state index >= 15 is 0 Å². The van der Waals surface area contributed by atoms with Gasteiger partial charge in [0.25, 0.3) is 0 Å². The van der Waals surface area contributed by atoms with E-state index in [1.54, 1.807) is 0 Å². The first kappa shape index (κ1) is 17.4. The molecule has 1 aliphatic carbocycles. The minimum Gasteiger partial charge on any atom is -0.309 e. The van der Waals surface area contributed by atoms with Crippen LogP contribution in [-0.2, 0) is 0 Å². The van der Waals surface area contributed by atoms with Gasteiger partial charge in [-0.1, -0.05) is 46.5 Å². The van der Waals surface area contributed by atoms with Gasteiger partial charge in [0, 0.05) is 17.5 Å². The molecule has 1 rings (SSSR count). The van der Waals surface area contributed by atoms with E-state index < -0.39 is 0 Å². The fraction of sp³-hybridized carbons (Fsp3) is 1.00. The standard InChI is InChI=1S/C17H35NS/c1-14(2)17(19-13-12-18(4)5)11-10-16-8-6-15(3)7-9-16/h14-17H,6-13H2,1-5H3. The molecule has 1 saturated carbocycles. The second-order valence-corrected chi connectivity index (χ2v) is 8.51. The molecule has 0 aromatic carbocycles. The van der Waals surface area contributed by atoms with Gasteiger partial charge in [-0.25, -0.2) is 0 Å². The summed E-state index contributed by atoms with van der Waals surface area (Å²) in [6.45, 7) is 8.44. The van der Waals surface area contributed by atoms with Gasteiger partial charge in [-0.05, 0) is 44.7 Å². The molecule has 1 fully saturated rings. The lowest BCUT2D eigenvalue weighted by Crippen LogP contribution is -2.20. The molecule has 0 N–H and O–H groups in total. The predicted octanol–water partition coefficient (Wildman–Crippen LogP) is 4.91. The Labute approximate surface area is 125 Å². The van der Waals surface area contributed by atoms with Gasteiger partial charge in [0.1, 0.15) is 0 Å². The van der Waals surface area contributed by atoms with Gasteiger partial charge < -0.3 is 4.90 Å². The zero-order chi connectivity index (χ0) is 14.3. The topological polar surface area (TPSA) is 3.24 Å². The Bertz CT molecular complexity index is 219. The molecule has 2 heteroatoms. The summed E-state index contributed by atoms with van der Waals surface area (Å²) in [5.41, 5.74) is 0. The molecule has 0 saturated heterocycles. The normalized spacial score (nSPS) is 26.1. The van der Waals surface area contributed by atoms with Crippen molar-refractivity contribution in [3.05, 3.63) is 0 Å². The number of thioether (sulfide) groups is 1. The molecule has 0 spiro atoms. The highest BCUT2D eigenvalue weighted by Crippen LogP contribution is 2.34. The van der Waals surface area contributed by atoms with Crippen molar-refractivity contribution in [3.63, 3.8) is 0 Å². The van der Waals surface area contributed by atoms with Crippen LogP contribution in [0.4, 0.5) is 0 Å². The van der Waals surface area contributed by atoms with Crippen LogP contribution >= 0.6 is 11.8 Å². The highest BCUT2D eigenvalue weighted by Gasteiger charge is 2.21. The summed E-state index contributed by atoms with van der Waals surface area (Å²) in [5.74, 6) is 4.14. The average molecular weight is 286 g/mol. The highest BCUT2D eigenvalue weighted by atomic mass is 32.2. The zero-order valence-electron chi connectivity index (χ0n) is 13.8. The van der Waals surface area contributed by atoms with E-state index in [0.29, 0.717) is 0 Å². The molecule has 0 amide bonds. The van der Waals surface area contributed by atoms with E-state index in [1.165, 1.54) is 50.8 Å². The van der Waals surface area contributed by atoms with Gasteiger partial charge in [-0.15, -0.1) is 0 Å². The van der Waals surface area contributed by atoms with E-state index in [-0.39, 0.29) is 0 Å². The molecule has 19 heavy (non-hydrogen) atoms. The molecule has 1 nitrogen and oxygen atoms in total. The monoisotopic (exact) mass is 285 g/mol. The molecular formula is C17H35NS. The quantitative estimate of drug-likeness (QED) is 0.623. The Morgan fingerprint density at radius 3 is 2.26 bits per heavy atom. The van der Waals surface area contributed by atoms with Crippen molar-refractivity contribution in [2.45, 2.75) is 64.5 Å². The fourth-order valence-electron chi connectivity index (χ4n) is 3.01. The molecular weight excluding hydrogens is 250 g/mol. The van der Waals surface area contributed by atoms with E-state index in [4.69, 9.17) is 0 Å². The summed E-state index contributed by atoms with van der Waals surface area (Å²) >= 11 is 2.21. The van der Waals surface area contributed by atoms with Crippen LogP contribution in [-0.4, -0.2) is 36.5 Å². The second kappa shape index (κ2) is 9.28. The minimum absolute atomic E-state index is 0.828. The van der Waals surface area contributed by atoms with Crippen molar-refractivity contribution in [3.8, 4) is 0 Å². The molecule has 1 aliphatic rings. The molecule has 1 atom stereocenters. The van der Waals surface area contributed by atoms with Crippen molar-refractivity contribution < 1.29 is 0 Å². The summed E-state index contributed by atoms with van der Waals surface area (Å²) < 4.78 is 0. The Balaban J connectivity index is 2.21. The molecule has 1 unspecified atom stereocenters. The van der Waals surface area contributed by atoms with Crippen LogP contribution in [0.3, 0.4) is 0 Å². The third kappa shape index (κ3) is 7.60. The van der Waals surface area contributed by atoms with Gasteiger partial charge in [0.05, 0.1) is 0 Å². The molecule has 0 aromatic rings. The largest absolute Gasteiger partial charge is 0.309 e. The fourth-order valence-corrected chi connectivity index (χ4v) is 4.47. The Hall–Kier alpha value is 0.310. The van der Waals surface area contributed by atoms with Crippen LogP contribution in [0.1, 0.15) is 59.3 Å². The van der Waals surface area contributed by atoms with Crippen LogP contribution in [0.25, 0.3) is 0 Å². The zero-order valence-corrected chi connectivity index (χ0v) is 14.6. The molecule has 0 aromatic heterocycles. The Morgan fingerprint density at radius 2 is 1.74 bits per heavy atom. The van der Waals surface area contributed by atoms with Gasteiger partial charge in [-0.3, -0.25) is 0 Å². The third-order valence-electron chi connectivity index (χ3n) is 4.61. The Kier molecular flexibility index (Phi) is 8.48. The van der Waals surface area contributed by atoms with Crippen LogP contribution in [0.15, 0.2) is 0 Å². The maximum Gasteiger partial charge on any atom is 0.00706 e. The first-order valence-electron chi connectivity index (χ1n) is 8.25. The van der Waals surface area contributed by atoms with Crippen LogP contribution < -0.4 is 0 Å². The van der Waals surface area contributed by atoms with Gasteiger partial charge in [0.2, 0.25) is 0 Å². The van der Waals surface area contributed by atoms with Crippen molar-refractivity contribution in [1.29, 1.82) is 0 Å². The van der Waals surface area contributed by atoms with E-state index in [0.717, 1.165) is 23.0 Å². The smallest absolute Gasteiger partial charge is 0.00706 e. The first-order chi connectivity index (χ1) is 8.99. The first-order valence-corrected chi connectivity index (χ1v) is 9.30. The predicted molar refractivity (Wildman–Crippen MR) is 90.0 cm³/mol. The maximum absolute atomic E-state index is 2.42. The number of hydrogen-bond donors (Lipinski definition) is 0. The van der Waals surface area contributed by atoms with Crippen LogP contribution in [0, 0.1) is 17.8 Å². The summed E-state index contributed by atoms with van der Waals surface area (Å²) in [4.78, 5) is 2.30. The van der Waals surface area contributed by atoms with E-state index in [2.05, 4.69) is 51.5 Å². The van der Waals surface area contributed by atoms with Crippen molar-refractivity contribution in [1.82, 2.24) is 4.90 Å². The van der Waals surface area contributed by atoms with Gasteiger partial charge in [-0.2, -0.15) is 11.8 Å². The SMILES string of the molecule is CC1CCC(CCC(SCCN(C)C)C(C)C)CC1. The van der Waals surface area contributed by atoms with Crippen molar-refractivity contribution >= 4 is 11.8 Å². The lowest BCUT2D eigenvalue weighted by Gasteiger charge is -2.28.